The molecule has 0 aliphatic carbocycles. The molecule has 0 aliphatic rings. The van der Waals surface area contributed by atoms with Crippen LogP contribution in [-0.2, 0) is 26.2 Å². The molecule has 0 bridgehead atoms. The van der Waals surface area contributed by atoms with Gasteiger partial charge in [0.15, 0.2) is 11.5 Å². The molecule has 3 aromatic carbocycles. The Labute approximate surface area is 264 Å². The second kappa shape index (κ2) is 15.7. The lowest BCUT2D eigenvalue weighted by atomic mass is 10.1. The van der Waals surface area contributed by atoms with E-state index < -0.39 is 28.5 Å². The van der Waals surface area contributed by atoms with Crippen LogP contribution in [0, 0.1) is 6.92 Å². The van der Waals surface area contributed by atoms with Crippen molar-refractivity contribution in [1.29, 1.82) is 0 Å². The minimum absolute atomic E-state index is 0.0541. The largest absolute Gasteiger partial charge is 0.495 e. The standard InChI is InChI=1S/C32H40ClN3O7S/c1-7-8-17-34-32(38)23(3)35(20-24-11-9-22(2)10-12-24)31(37)21-36(27-18-25(33)13-15-28(27)41-4)44(39,40)26-14-16-29(42-5)30(19-26)43-6/h9-16,18-19,23H,7-8,17,20-21H2,1-6H3,(H,34,38)/t23-/m1/s1. The molecule has 3 rings (SSSR count). The number of aryl methyl sites for hydroxylation is 1. The van der Waals surface area contributed by atoms with Gasteiger partial charge in [0.1, 0.15) is 18.3 Å². The predicted octanol–water partition coefficient (Wildman–Crippen LogP) is 5.20. The van der Waals surface area contributed by atoms with Crippen molar-refractivity contribution in [2.75, 3.05) is 38.7 Å². The lowest BCUT2D eigenvalue weighted by Crippen LogP contribution is -2.51. The van der Waals surface area contributed by atoms with Crippen LogP contribution in [-0.4, -0.2) is 65.6 Å². The van der Waals surface area contributed by atoms with Crippen molar-refractivity contribution < 1.29 is 32.2 Å². The lowest BCUT2D eigenvalue weighted by molar-refractivity contribution is -0.139. The Balaban J connectivity index is 2.11. The first-order chi connectivity index (χ1) is 21.0. The number of carbonyl (C=O) groups is 2. The fraction of sp³-hybridized carbons (Fsp3) is 0.375. The molecule has 1 atom stereocenters. The van der Waals surface area contributed by atoms with Crippen molar-refractivity contribution in [2.24, 2.45) is 0 Å². The Hall–Kier alpha value is -3.96. The Morgan fingerprint density at radius 1 is 0.909 bits per heavy atom. The average molecular weight is 646 g/mol. The molecule has 44 heavy (non-hydrogen) atoms. The number of nitrogens with one attached hydrogen (secondary N) is 1. The Morgan fingerprint density at radius 3 is 2.16 bits per heavy atom. The molecule has 1 N–H and O–H groups in total. The summed E-state index contributed by atoms with van der Waals surface area (Å²) in [7, 11) is -0.195. The maximum absolute atomic E-state index is 14.3. The average Bonchev–Trinajstić information content (AvgIpc) is 3.02. The van der Waals surface area contributed by atoms with Crippen LogP contribution < -0.4 is 23.8 Å². The van der Waals surface area contributed by atoms with Crippen LogP contribution in [0.3, 0.4) is 0 Å². The molecular formula is C32H40ClN3O7S. The van der Waals surface area contributed by atoms with Crippen LogP contribution in [0.5, 0.6) is 17.2 Å². The number of benzene rings is 3. The number of sulfonamides is 1. The number of unbranched alkanes of at least 4 members (excludes halogenated alkanes) is 1. The van der Waals surface area contributed by atoms with Gasteiger partial charge in [-0.2, -0.15) is 0 Å². The van der Waals surface area contributed by atoms with Crippen molar-refractivity contribution in [3.63, 3.8) is 0 Å². The Kier molecular flexibility index (Phi) is 12.3. The molecule has 12 heteroatoms. The monoisotopic (exact) mass is 645 g/mol. The number of hydrogen-bond acceptors (Lipinski definition) is 7. The molecule has 0 fully saturated rings. The third kappa shape index (κ3) is 8.35. The zero-order chi connectivity index (χ0) is 32.4. The summed E-state index contributed by atoms with van der Waals surface area (Å²) in [5, 5.41) is 3.11. The summed E-state index contributed by atoms with van der Waals surface area (Å²) in [4.78, 5) is 28.6. The number of carbonyl (C=O) groups excluding carboxylic acids is 2. The molecule has 0 aliphatic heterocycles. The van der Waals surface area contributed by atoms with Crippen LogP contribution >= 0.6 is 11.6 Å². The van der Waals surface area contributed by atoms with E-state index in [1.807, 2.05) is 38.1 Å². The molecule has 10 nitrogen and oxygen atoms in total. The molecular weight excluding hydrogens is 606 g/mol. The molecule has 0 unspecified atom stereocenters. The van der Waals surface area contributed by atoms with Crippen LogP contribution in [0.1, 0.15) is 37.8 Å². The van der Waals surface area contributed by atoms with Gasteiger partial charge < -0.3 is 24.4 Å². The van der Waals surface area contributed by atoms with Crippen molar-refractivity contribution in [3.05, 3.63) is 76.8 Å². The van der Waals surface area contributed by atoms with E-state index in [4.69, 9.17) is 25.8 Å². The maximum Gasteiger partial charge on any atom is 0.265 e. The molecule has 0 heterocycles. The van der Waals surface area contributed by atoms with E-state index in [9.17, 15) is 18.0 Å². The van der Waals surface area contributed by atoms with E-state index in [1.54, 1.807) is 13.0 Å². The van der Waals surface area contributed by atoms with Crippen LogP contribution in [0.25, 0.3) is 0 Å². The highest BCUT2D eigenvalue weighted by Gasteiger charge is 2.34. The van der Waals surface area contributed by atoms with Gasteiger partial charge in [0.05, 0.1) is 31.9 Å². The van der Waals surface area contributed by atoms with E-state index in [1.165, 1.54) is 56.6 Å². The van der Waals surface area contributed by atoms with Crippen molar-refractivity contribution >= 4 is 39.1 Å². The van der Waals surface area contributed by atoms with E-state index >= 15 is 0 Å². The zero-order valence-corrected chi connectivity index (χ0v) is 27.5. The fourth-order valence-electron chi connectivity index (χ4n) is 4.48. The van der Waals surface area contributed by atoms with E-state index in [2.05, 4.69) is 5.32 Å². The van der Waals surface area contributed by atoms with Crippen molar-refractivity contribution in [1.82, 2.24) is 10.2 Å². The lowest BCUT2D eigenvalue weighted by Gasteiger charge is -2.32. The summed E-state index contributed by atoms with van der Waals surface area (Å²) in [5.41, 5.74) is 1.88. The van der Waals surface area contributed by atoms with Gasteiger partial charge in [-0.05, 0) is 56.2 Å². The number of methoxy groups -OCH3 is 3. The minimum Gasteiger partial charge on any atom is -0.495 e. The van der Waals surface area contributed by atoms with Crippen LogP contribution in [0.2, 0.25) is 5.02 Å². The SMILES string of the molecule is CCCCNC(=O)[C@@H](C)N(Cc1ccc(C)cc1)C(=O)CN(c1cc(Cl)ccc1OC)S(=O)(=O)c1ccc(OC)c(OC)c1. The highest BCUT2D eigenvalue weighted by molar-refractivity contribution is 7.92. The highest BCUT2D eigenvalue weighted by atomic mass is 35.5. The quantitative estimate of drug-likeness (QED) is 0.226. The first-order valence-corrected chi connectivity index (χ1v) is 16.0. The van der Waals surface area contributed by atoms with Gasteiger partial charge in [-0.1, -0.05) is 54.8 Å². The summed E-state index contributed by atoms with van der Waals surface area (Å²) in [6.45, 7) is 5.49. The third-order valence-electron chi connectivity index (χ3n) is 7.10. The number of ether oxygens (including phenoxy) is 3. The summed E-state index contributed by atoms with van der Waals surface area (Å²) in [6, 6.07) is 15.3. The number of rotatable bonds is 15. The van der Waals surface area contributed by atoms with E-state index in [0.717, 1.165) is 28.3 Å². The molecule has 0 aromatic heterocycles. The fourth-order valence-corrected chi connectivity index (χ4v) is 6.08. The molecule has 2 amide bonds. The predicted molar refractivity (Wildman–Crippen MR) is 171 cm³/mol. The molecule has 3 aromatic rings. The zero-order valence-electron chi connectivity index (χ0n) is 25.9. The van der Waals surface area contributed by atoms with Gasteiger partial charge in [0.25, 0.3) is 10.0 Å². The first kappa shape index (κ1) is 34.5. The smallest absolute Gasteiger partial charge is 0.265 e. The molecule has 238 valence electrons. The number of nitrogens with zero attached hydrogens (tertiary/aromatic N) is 2. The second-order valence-electron chi connectivity index (χ2n) is 10.2. The van der Waals surface area contributed by atoms with Crippen molar-refractivity contribution in [3.8, 4) is 17.2 Å². The summed E-state index contributed by atoms with van der Waals surface area (Å²) >= 11 is 6.31. The summed E-state index contributed by atoms with van der Waals surface area (Å²) < 4.78 is 45.6. The van der Waals surface area contributed by atoms with Gasteiger partial charge in [0.2, 0.25) is 11.8 Å². The van der Waals surface area contributed by atoms with Crippen molar-refractivity contribution in [2.45, 2.75) is 51.1 Å². The van der Waals surface area contributed by atoms with Gasteiger partial charge >= 0.3 is 0 Å². The topological polar surface area (TPSA) is 114 Å². The molecule has 0 saturated heterocycles. The molecule has 0 spiro atoms. The maximum atomic E-state index is 14.3. The normalized spacial score (nSPS) is 11.8. The second-order valence-corrected chi connectivity index (χ2v) is 12.5. The Morgan fingerprint density at radius 2 is 1.55 bits per heavy atom. The van der Waals surface area contributed by atoms with Gasteiger partial charge in [0, 0.05) is 24.2 Å². The highest BCUT2D eigenvalue weighted by Crippen LogP contribution is 2.37. The third-order valence-corrected chi connectivity index (χ3v) is 9.09. The van der Waals surface area contributed by atoms with Gasteiger partial charge in [-0.15, -0.1) is 0 Å². The number of amides is 2. The number of anilines is 1. The summed E-state index contributed by atoms with van der Waals surface area (Å²) in [6.07, 6.45) is 1.68. The molecule has 0 radical (unpaired) electrons. The van der Waals surface area contributed by atoms with Crippen LogP contribution in [0.15, 0.2) is 65.6 Å². The minimum atomic E-state index is -4.42. The number of halogens is 1. The Bertz CT molecular complexity index is 1550. The first-order valence-electron chi connectivity index (χ1n) is 14.2. The van der Waals surface area contributed by atoms with E-state index in [-0.39, 0.29) is 39.6 Å². The molecule has 0 saturated carbocycles. The number of hydrogen-bond donors (Lipinski definition) is 1. The van der Waals surface area contributed by atoms with Gasteiger partial charge in [-0.3, -0.25) is 13.9 Å². The van der Waals surface area contributed by atoms with E-state index in [0.29, 0.717) is 12.3 Å². The van der Waals surface area contributed by atoms with Crippen LogP contribution in [0.4, 0.5) is 5.69 Å². The summed E-state index contributed by atoms with van der Waals surface area (Å²) in [5.74, 6) is -0.233. The van der Waals surface area contributed by atoms with Gasteiger partial charge in [-0.25, -0.2) is 8.42 Å².